The Morgan fingerprint density at radius 2 is 1.86 bits per heavy atom. The van der Waals surface area contributed by atoms with Crippen LogP contribution in [0.3, 0.4) is 0 Å². The highest BCUT2D eigenvalue weighted by molar-refractivity contribution is 7.19. The summed E-state index contributed by atoms with van der Waals surface area (Å²) in [7, 11) is 0. The minimum Gasteiger partial charge on any atom is -0.494 e. The van der Waals surface area contributed by atoms with Crippen LogP contribution in [-0.2, 0) is 0 Å². The molecule has 1 unspecified atom stereocenters. The SMILES string of the molecule is CCCOc1ccc(C(N)c2cc3ccccc3s2)cc1. The monoisotopic (exact) mass is 297 g/mol. The summed E-state index contributed by atoms with van der Waals surface area (Å²) in [5.41, 5.74) is 7.52. The number of benzene rings is 2. The summed E-state index contributed by atoms with van der Waals surface area (Å²) in [5.74, 6) is 0.907. The lowest BCUT2D eigenvalue weighted by Crippen LogP contribution is -2.09. The zero-order chi connectivity index (χ0) is 14.7. The summed E-state index contributed by atoms with van der Waals surface area (Å²) in [5, 5.41) is 1.26. The summed E-state index contributed by atoms with van der Waals surface area (Å²) in [6.07, 6.45) is 1.02. The second kappa shape index (κ2) is 6.29. The molecule has 21 heavy (non-hydrogen) atoms. The van der Waals surface area contributed by atoms with Crippen LogP contribution in [0.5, 0.6) is 5.75 Å². The zero-order valence-electron chi connectivity index (χ0n) is 12.1. The van der Waals surface area contributed by atoms with Crippen molar-refractivity contribution in [1.29, 1.82) is 0 Å². The summed E-state index contributed by atoms with van der Waals surface area (Å²) < 4.78 is 6.89. The molecule has 0 aliphatic carbocycles. The van der Waals surface area contributed by atoms with Crippen molar-refractivity contribution in [3.63, 3.8) is 0 Å². The van der Waals surface area contributed by atoms with Crippen LogP contribution >= 0.6 is 11.3 Å². The molecule has 0 aliphatic rings. The third-order valence-electron chi connectivity index (χ3n) is 3.46. The first kappa shape index (κ1) is 14.1. The Morgan fingerprint density at radius 1 is 1.10 bits per heavy atom. The highest BCUT2D eigenvalue weighted by Crippen LogP contribution is 2.32. The van der Waals surface area contributed by atoms with E-state index in [4.69, 9.17) is 10.5 Å². The number of nitrogens with two attached hydrogens (primary N) is 1. The molecule has 3 rings (SSSR count). The molecule has 0 bridgehead atoms. The fraction of sp³-hybridized carbons (Fsp3) is 0.222. The largest absolute Gasteiger partial charge is 0.494 e. The van der Waals surface area contributed by atoms with Gasteiger partial charge in [0.05, 0.1) is 12.6 Å². The fourth-order valence-electron chi connectivity index (χ4n) is 2.31. The van der Waals surface area contributed by atoms with E-state index in [1.807, 2.05) is 12.1 Å². The van der Waals surface area contributed by atoms with Crippen molar-refractivity contribution >= 4 is 21.4 Å². The van der Waals surface area contributed by atoms with E-state index in [2.05, 4.69) is 49.4 Å². The topological polar surface area (TPSA) is 35.2 Å². The summed E-state index contributed by atoms with van der Waals surface area (Å²) in [6, 6.07) is 18.6. The first-order valence-electron chi connectivity index (χ1n) is 7.24. The molecule has 2 aromatic carbocycles. The van der Waals surface area contributed by atoms with E-state index < -0.39 is 0 Å². The summed E-state index contributed by atoms with van der Waals surface area (Å²) in [6.45, 7) is 2.85. The Labute approximate surface area is 129 Å². The number of rotatable bonds is 5. The Hall–Kier alpha value is -1.84. The molecule has 1 heterocycles. The third kappa shape index (κ3) is 3.09. The van der Waals surface area contributed by atoms with Gasteiger partial charge in [0.1, 0.15) is 5.75 Å². The Morgan fingerprint density at radius 3 is 2.57 bits per heavy atom. The molecule has 3 heteroatoms. The average Bonchev–Trinajstić information content (AvgIpc) is 2.96. The van der Waals surface area contributed by atoms with Crippen molar-refractivity contribution in [3.05, 3.63) is 65.0 Å². The number of hydrogen-bond donors (Lipinski definition) is 1. The van der Waals surface area contributed by atoms with Crippen molar-refractivity contribution in [2.75, 3.05) is 6.61 Å². The minimum atomic E-state index is -0.0809. The molecule has 2 nitrogen and oxygen atoms in total. The first-order chi connectivity index (χ1) is 10.3. The van der Waals surface area contributed by atoms with Gasteiger partial charge in [-0.05, 0) is 41.6 Å². The Kier molecular flexibility index (Phi) is 4.23. The van der Waals surface area contributed by atoms with Crippen molar-refractivity contribution < 1.29 is 4.74 Å². The highest BCUT2D eigenvalue weighted by Gasteiger charge is 2.12. The smallest absolute Gasteiger partial charge is 0.119 e. The molecule has 0 radical (unpaired) electrons. The standard InChI is InChI=1S/C18H19NOS/c1-2-11-20-15-9-7-13(8-10-15)18(19)17-12-14-5-3-4-6-16(14)21-17/h3-10,12,18H,2,11,19H2,1H3. The van der Waals surface area contributed by atoms with Gasteiger partial charge in [-0.15, -0.1) is 11.3 Å². The minimum absolute atomic E-state index is 0.0809. The van der Waals surface area contributed by atoms with Crippen LogP contribution in [-0.4, -0.2) is 6.61 Å². The molecule has 1 aromatic heterocycles. The van der Waals surface area contributed by atoms with Gasteiger partial charge in [-0.2, -0.15) is 0 Å². The van der Waals surface area contributed by atoms with Crippen LogP contribution in [0.1, 0.15) is 29.8 Å². The average molecular weight is 297 g/mol. The van der Waals surface area contributed by atoms with E-state index >= 15 is 0 Å². The van der Waals surface area contributed by atoms with E-state index in [1.54, 1.807) is 11.3 Å². The molecule has 0 amide bonds. The van der Waals surface area contributed by atoms with E-state index in [1.165, 1.54) is 15.0 Å². The number of thiophene rings is 1. The molecule has 0 aliphatic heterocycles. The Balaban J connectivity index is 1.82. The number of ether oxygens (including phenoxy) is 1. The van der Waals surface area contributed by atoms with Crippen LogP contribution in [0.4, 0.5) is 0 Å². The van der Waals surface area contributed by atoms with Gasteiger partial charge >= 0.3 is 0 Å². The predicted octanol–water partition coefficient (Wildman–Crippen LogP) is 4.74. The van der Waals surface area contributed by atoms with E-state index in [0.29, 0.717) is 0 Å². The van der Waals surface area contributed by atoms with Crippen molar-refractivity contribution in [2.24, 2.45) is 5.73 Å². The highest BCUT2D eigenvalue weighted by atomic mass is 32.1. The van der Waals surface area contributed by atoms with Crippen LogP contribution in [0.25, 0.3) is 10.1 Å². The molecule has 0 spiro atoms. The normalized spacial score (nSPS) is 12.5. The summed E-state index contributed by atoms with van der Waals surface area (Å²) >= 11 is 1.76. The van der Waals surface area contributed by atoms with Gasteiger partial charge < -0.3 is 10.5 Å². The van der Waals surface area contributed by atoms with E-state index in [9.17, 15) is 0 Å². The molecular weight excluding hydrogens is 278 g/mol. The van der Waals surface area contributed by atoms with Crippen LogP contribution in [0, 0.1) is 0 Å². The van der Waals surface area contributed by atoms with Crippen LogP contribution < -0.4 is 10.5 Å². The number of fused-ring (bicyclic) bond motifs is 1. The molecule has 1 atom stereocenters. The second-order valence-electron chi connectivity index (χ2n) is 5.08. The molecule has 3 aromatic rings. The second-order valence-corrected chi connectivity index (χ2v) is 6.20. The predicted molar refractivity (Wildman–Crippen MR) is 90.1 cm³/mol. The molecule has 2 N–H and O–H groups in total. The van der Waals surface area contributed by atoms with Gasteiger partial charge in [0.25, 0.3) is 0 Å². The van der Waals surface area contributed by atoms with E-state index in [-0.39, 0.29) is 6.04 Å². The number of hydrogen-bond acceptors (Lipinski definition) is 3. The van der Waals surface area contributed by atoms with Crippen molar-refractivity contribution in [2.45, 2.75) is 19.4 Å². The molecular formula is C18H19NOS. The first-order valence-corrected chi connectivity index (χ1v) is 8.06. The van der Waals surface area contributed by atoms with Gasteiger partial charge in [-0.3, -0.25) is 0 Å². The summed E-state index contributed by atoms with van der Waals surface area (Å²) in [4.78, 5) is 1.19. The van der Waals surface area contributed by atoms with Crippen molar-refractivity contribution in [3.8, 4) is 5.75 Å². The van der Waals surface area contributed by atoms with Crippen LogP contribution in [0.15, 0.2) is 54.6 Å². The van der Waals surface area contributed by atoms with Gasteiger partial charge in [0.15, 0.2) is 0 Å². The van der Waals surface area contributed by atoms with E-state index in [0.717, 1.165) is 24.3 Å². The lowest BCUT2D eigenvalue weighted by Gasteiger charge is -2.11. The third-order valence-corrected chi connectivity index (χ3v) is 4.66. The molecule has 0 fully saturated rings. The maximum Gasteiger partial charge on any atom is 0.119 e. The van der Waals surface area contributed by atoms with Gasteiger partial charge in [0.2, 0.25) is 0 Å². The lowest BCUT2D eigenvalue weighted by molar-refractivity contribution is 0.317. The molecule has 0 saturated carbocycles. The quantitative estimate of drug-likeness (QED) is 0.738. The van der Waals surface area contributed by atoms with Gasteiger partial charge in [0, 0.05) is 9.58 Å². The zero-order valence-corrected chi connectivity index (χ0v) is 12.9. The Bertz CT molecular complexity index is 684. The maximum absolute atomic E-state index is 6.40. The van der Waals surface area contributed by atoms with Gasteiger partial charge in [-0.25, -0.2) is 0 Å². The fourth-order valence-corrected chi connectivity index (χ4v) is 3.41. The molecule has 108 valence electrons. The van der Waals surface area contributed by atoms with Crippen molar-refractivity contribution in [1.82, 2.24) is 0 Å². The van der Waals surface area contributed by atoms with Gasteiger partial charge in [-0.1, -0.05) is 37.3 Å². The maximum atomic E-state index is 6.40. The van der Waals surface area contributed by atoms with Crippen LogP contribution in [0.2, 0.25) is 0 Å². The molecule has 0 saturated heterocycles. The lowest BCUT2D eigenvalue weighted by atomic mass is 10.1.